The largest absolute Gasteiger partial charge is 0.368 e. The number of carbonyl (C=O) groups is 1. The Bertz CT molecular complexity index is 964. The standard InChI is InChI=1S/C19H23N3O3S2/c1-12-10-16(26-13(12)2)19(23)22-9-5-6-14(11-22)18-20-15-7-3-4-8-17(15)27(24,25)21-18/h3-4,7-8,10,14,18,20-21H,5-6,9,11H2,1-2H3/t14-,18+/m1/s1. The van der Waals surface area contributed by atoms with E-state index in [0.29, 0.717) is 18.8 Å². The average Bonchev–Trinajstić information content (AvgIpc) is 2.99. The number of thiophene rings is 1. The van der Waals surface area contributed by atoms with Crippen molar-refractivity contribution in [1.82, 2.24) is 9.62 Å². The van der Waals surface area contributed by atoms with Gasteiger partial charge in [0.15, 0.2) is 0 Å². The van der Waals surface area contributed by atoms with E-state index in [4.69, 9.17) is 0 Å². The minimum absolute atomic E-state index is 0.0213. The molecular formula is C19H23N3O3S2. The lowest BCUT2D eigenvalue weighted by Crippen LogP contribution is -2.54. The molecule has 27 heavy (non-hydrogen) atoms. The second-order valence-electron chi connectivity index (χ2n) is 7.24. The van der Waals surface area contributed by atoms with Gasteiger partial charge >= 0.3 is 0 Å². The summed E-state index contributed by atoms with van der Waals surface area (Å²) in [7, 11) is -3.55. The number of aryl methyl sites for hydroxylation is 2. The molecule has 0 radical (unpaired) electrons. The molecule has 144 valence electrons. The van der Waals surface area contributed by atoms with E-state index >= 15 is 0 Å². The van der Waals surface area contributed by atoms with Gasteiger partial charge in [-0.05, 0) is 50.5 Å². The minimum Gasteiger partial charge on any atom is -0.368 e. The molecule has 6 nitrogen and oxygen atoms in total. The van der Waals surface area contributed by atoms with Gasteiger partial charge in [0, 0.05) is 23.9 Å². The predicted octanol–water partition coefficient (Wildman–Crippen LogP) is 2.95. The highest BCUT2D eigenvalue weighted by atomic mass is 32.2. The Hall–Kier alpha value is -1.90. The summed E-state index contributed by atoms with van der Waals surface area (Å²) >= 11 is 1.53. The number of hydrogen-bond donors (Lipinski definition) is 2. The molecule has 0 unspecified atom stereocenters. The quantitative estimate of drug-likeness (QED) is 0.805. The van der Waals surface area contributed by atoms with Gasteiger partial charge in [-0.3, -0.25) is 4.79 Å². The molecule has 2 N–H and O–H groups in total. The van der Waals surface area contributed by atoms with E-state index in [2.05, 4.69) is 10.0 Å². The fraction of sp³-hybridized carbons (Fsp3) is 0.421. The first kappa shape index (κ1) is 18.5. The summed E-state index contributed by atoms with van der Waals surface area (Å²) in [4.78, 5) is 16.9. The number of benzene rings is 1. The van der Waals surface area contributed by atoms with Gasteiger partial charge in [0.2, 0.25) is 10.0 Å². The molecule has 0 aliphatic carbocycles. The van der Waals surface area contributed by atoms with Crippen LogP contribution in [0.15, 0.2) is 35.2 Å². The predicted molar refractivity (Wildman–Crippen MR) is 107 cm³/mol. The molecular weight excluding hydrogens is 382 g/mol. The van der Waals surface area contributed by atoms with Crippen LogP contribution < -0.4 is 10.0 Å². The second-order valence-corrected chi connectivity index (χ2v) is 10.2. The number of nitrogens with zero attached hydrogens (tertiary/aromatic N) is 1. The molecule has 0 spiro atoms. The summed E-state index contributed by atoms with van der Waals surface area (Å²) in [6, 6.07) is 8.86. The van der Waals surface area contributed by atoms with Crippen molar-refractivity contribution < 1.29 is 13.2 Å². The van der Waals surface area contributed by atoms with E-state index < -0.39 is 16.2 Å². The molecule has 2 atom stereocenters. The molecule has 8 heteroatoms. The lowest BCUT2D eigenvalue weighted by Gasteiger charge is -2.39. The van der Waals surface area contributed by atoms with Gasteiger partial charge in [0.05, 0.1) is 16.7 Å². The van der Waals surface area contributed by atoms with Crippen LogP contribution in [0.2, 0.25) is 0 Å². The zero-order valence-corrected chi connectivity index (χ0v) is 17.0. The normalized spacial score (nSPS) is 24.1. The molecule has 1 saturated heterocycles. The molecule has 1 fully saturated rings. The van der Waals surface area contributed by atoms with E-state index in [9.17, 15) is 13.2 Å². The number of piperidine rings is 1. The van der Waals surface area contributed by atoms with Crippen LogP contribution in [-0.4, -0.2) is 38.5 Å². The minimum atomic E-state index is -3.55. The fourth-order valence-electron chi connectivity index (χ4n) is 3.76. The first-order valence-electron chi connectivity index (χ1n) is 9.09. The van der Waals surface area contributed by atoms with Crippen LogP contribution in [0.3, 0.4) is 0 Å². The lowest BCUT2D eigenvalue weighted by molar-refractivity contribution is 0.0663. The van der Waals surface area contributed by atoms with E-state index in [1.165, 1.54) is 11.3 Å². The smallest absolute Gasteiger partial charge is 0.263 e. The summed E-state index contributed by atoms with van der Waals surface area (Å²) in [5.74, 6) is 0.0629. The maximum atomic E-state index is 12.9. The Balaban J connectivity index is 1.53. The van der Waals surface area contributed by atoms with Crippen LogP contribution in [0.1, 0.15) is 33.0 Å². The maximum Gasteiger partial charge on any atom is 0.263 e. The molecule has 2 aliphatic heterocycles. The molecule has 4 rings (SSSR count). The average molecular weight is 406 g/mol. The van der Waals surface area contributed by atoms with Gasteiger partial charge in [-0.1, -0.05) is 12.1 Å². The van der Waals surface area contributed by atoms with Crippen molar-refractivity contribution in [2.75, 3.05) is 18.4 Å². The molecule has 1 amide bonds. The van der Waals surface area contributed by atoms with Crippen molar-refractivity contribution >= 4 is 33.0 Å². The topological polar surface area (TPSA) is 78.5 Å². The van der Waals surface area contributed by atoms with Crippen LogP contribution in [0.25, 0.3) is 0 Å². The van der Waals surface area contributed by atoms with Crippen molar-refractivity contribution in [3.63, 3.8) is 0 Å². The van der Waals surface area contributed by atoms with Gasteiger partial charge in [0.25, 0.3) is 5.91 Å². The monoisotopic (exact) mass is 405 g/mol. The van der Waals surface area contributed by atoms with Gasteiger partial charge in [0.1, 0.15) is 4.90 Å². The van der Waals surface area contributed by atoms with Gasteiger partial charge < -0.3 is 10.2 Å². The zero-order valence-electron chi connectivity index (χ0n) is 15.4. The van der Waals surface area contributed by atoms with Gasteiger partial charge in [-0.15, -0.1) is 11.3 Å². The Morgan fingerprint density at radius 1 is 1.26 bits per heavy atom. The number of nitrogens with one attached hydrogen (secondary N) is 2. The molecule has 2 aliphatic rings. The van der Waals surface area contributed by atoms with Crippen molar-refractivity contribution in [2.24, 2.45) is 5.92 Å². The molecule has 1 aromatic heterocycles. The zero-order chi connectivity index (χ0) is 19.2. The van der Waals surface area contributed by atoms with Crippen molar-refractivity contribution in [3.05, 3.63) is 45.6 Å². The Labute approximate surface area is 163 Å². The summed E-state index contributed by atoms with van der Waals surface area (Å²) in [5, 5.41) is 3.31. The fourth-order valence-corrected chi connectivity index (χ4v) is 6.15. The number of anilines is 1. The number of para-hydroxylation sites is 1. The van der Waals surface area contributed by atoms with Crippen molar-refractivity contribution in [1.29, 1.82) is 0 Å². The lowest BCUT2D eigenvalue weighted by atomic mass is 9.94. The number of sulfonamides is 1. The van der Waals surface area contributed by atoms with Crippen LogP contribution in [0.5, 0.6) is 0 Å². The molecule has 1 aromatic carbocycles. The van der Waals surface area contributed by atoms with Crippen LogP contribution in [-0.2, 0) is 10.0 Å². The van der Waals surface area contributed by atoms with Crippen molar-refractivity contribution in [2.45, 2.75) is 37.8 Å². The van der Waals surface area contributed by atoms with Crippen LogP contribution in [0.4, 0.5) is 5.69 Å². The highest BCUT2D eigenvalue weighted by Gasteiger charge is 2.36. The van der Waals surface area contributed by atoms with E-state index in [0.717, 1.165) is 28.2 Å². The maximum absolute atomic E-state index is 12.9. The number of likely N-dealkylation sites (tertiary alicyclic amines) is 1. The van der Waals surface area contributed by atoms with Crippen molar-refractivity contribution in [3.8, 4) is 0 Å². The van der Waals surface area contributed by atoms with Gasteiger partial charge in [-0.2, -0.15) is 4.72 Å². The number of carbonyl (C=O) groups excluding carboxylic acids is 1. The third-order valence-electron chi connectivity index (χ3n) is 5.36. The van der Waals surface area contributed by atoms with Crippen LogP contribution in [0, 0.1) is 19.8 Å². The summed E-state index contributed by atoms with van der Waals surface area (Å²) in [6.45, 7) is 5.28. The molecule has 3 heterocycles. The van der Waals surface area contributed by atoms with Gasteiger partial charge in [-0.25, -0.2) is 8.42 Å². The Morgan fingerprint density at radius 2 is 2.04 bits per heavy atom. The number of fused-ring (bicyclic) bond motifs is 1. The van der Waals surface area contributed by atoms with E-state index in [1.54, 1.807) is 18.2 Å². The highest BCUT2D eigenvalue weighted by molar-refractivity contribution is 7.89. The van der Waals surface area contributed by atoms with Crippen LogP contribution >= 0.6 is 11.3 Å². The molecule has 0 saturated carbocycles. The Morgan fingerprint density at radius 3 is 2.78 bits per heavy atom. The number of rotatable bonds is 2. The third kappa shape index (κ3) is 3.49. The molecule has 0 bridgehead atoms. The number of amides is 1. The molecule has 2 aromatic rings. The first-order valence-corrected chi connectivity index (χ1v) is 11.4. The highest BCUT2D eigenvalue weighted by Crippen LogP contribution is 2.31. The van der Waals surface area contributed by atoms with E-state index in [1.807, 2.05) is 30.9 Å². The second kappa shape index (κ2) is 6.92. The third-order valence-corrected chi connectivity index (χ3v) is 8.00. The first-order chi connectivity index (χ1) is 12.8. The summed E-state index contributed by atoms with van der Waals surface area (Å²) < 4.78 is 27.9. The SMILES string of the molecule is Cc1cc(C(=O)N2CCC[C@@H]([C@H]3Nc4ccccc4S(=O)(=O)N3)C2)sc1C. The number of hydrogen-bond acceptors (Lipinski definition) is 5. The Kier molecular flexibility index (Phi) is 4.73. The summed E-state index contributed by atoms with van der Waals surface area (Å²) in [5.41, 5.74) is 1.75. The summed E-state index contributed by atoms with van der Waals surface area (Å²) in [6.07, 6.45) is 1.32. The van der Waals surface area contributed by atoms with E-state index in [-0.39, 0.29) is 16.7 Å².